The number of rotatable bonds is 2. The van der Waals surface area contributed by atoms with E-state index in [1.165, 1.54) is 11.3 Å². The van der Waals surface area contributed by atoms with Gasteiger partial charge in [-0.2, -0.15) is 5.10 Å². The minimum atomic E-state index is -0.259. The zero-order valence-corrected chi connectivity index (χ0v) is 10.0. The minimum Gasteiger partial charge on any atom is -0.462 e. The van der Waals surface area contributed by atoms with Crippen molar-refractivity contribution in [2.45, 2.75) is 6.92 Å². The molecule has 4 nitrogen and oxygen atoms in total. The van der Waals surface area contributed by atoms with Crippen molar-refractivity contribution in [2.24, 2.45) is 0 Å². The molecule has 5 heteroatoms. The van der Waals surface area contributed by atoms with E-state index in [0.29, 0.717) is 11.5 Å². The van der Waals surface area contributed by atoms with E-state index in [9.17, 15) is 4.79 Å². The van der Waals surface area contributed by atoms with Crippen molar-refractivity contribution >= 4 is 38.3 Å². The van der Waals surface area contributed by atoms with Gasteiger partial charge in [-0.05, 0) is 25.1 Å². The third-order valence-corrected chi connectivity index (χ3v) is 3.68. The number of thiophene rings is 1. The van der Waals surface area contributed by atoms with E-state index in [1.54, 1.807) is 13.1 Å². The molecule has 0 fully saturated rings. The Labute approximate surface area is 101 Å². The van der Waals surface area contributed by atoms with Crippen LogP contribution in [0.5, 0.6) is 0 Å². The molecule has 3 aromatic rings. The summed E-state index contributed by atoms with van der Waals surface area (Å²) in [5.74, 6) is -0.259. The first-order valence-electron chi connectivity index (χ1n) is 5.32. The van der Waals surface area contributed by atoms with Crippen molar-refractivity contribution < 1.29 is 9.53 Å². The molecule has 86 valence electrons. The molecule has 1 N–H and O–H groups in total. The van der Waals surface area contributed by atoms with Crippen molar-refractivity contribution in [3.8, 4) is 0 Å². The maximum atomic E-state index is 11.7. The van der Waals surface area contributed by atoms with Crippen molar-refractivity contribution in [3.05, 3.63) is 29.3 Å². The predicted octanol–water partition coefficient (Wildman–Crippen LogP) is 2.95. The van der Waals surface area contributed by atoms with Gasteiger partial charge in [-0.1, -0.05) is 0 Å². The lowest BCUT2D eigenvalue weighted by Crippen LogP contribution is -2.01. The number of H-pyrrole nitrogens is 1. The van der Waals surface area contributed by atoms with Gasteiger partial charge in [-0.15, -0.1) is 11.3 Å². The lowest BCUT2D eigenvalue weighted by atomic mass is 10.2. The van der Waals surface area contributed by atoms with Crippen molar-refractivity contribution in [3.63, 3.8) is 0 Å². The molecule has 2 aromatic heterocycles. The molecule has 0 saturated heterocycles. The highest BCUT2D eigenvalue weighted by atomic mass is 32.1. The van der Waals surface area contributed by atoms with Crippen molar-refractivity contribution in [1.29, 1.82) is 0 Å². The molecule has 0 aliphatic carbocycles. The molecule has 0 aliphatic rings. The number of carbonyl (C=O) groups excluding carboxylic acids is 1. The highest BCUT2D eigenvalue weighted by Gasteiger charge is 2.13. The maximum Gasteiger partial charge on any atom is 0.348 e. The van der Waals surface area contributed by atoms with Gasteiger partial charge in [-0.3, -0.25) is 5.10 Å². The number of hydrogen-bond donors (Lipinski definition) is 1. The number of ether oxygens (including phenoxy) is 1. The van der Waals surface area contributed by atoms with Crippen LogP contribution in [-0.2, 0) is 4.74 Å². The number of hydrogen-bond acceptors (Lipinski definition) is 4. The Hall–Kier alpha value is -1.88. The molecule has 0 bridgehead atoms. The van der Waals surface area contributed by atoms with Gasteiger partial charge in [0.1, 0.15) is 4.88 Å². The molecule has 3 rings (SSSR count). The van der Waals surface area contributed by atoms with Crippen molar-refractivity contribution in [1.82, 2.24) is 10.2 Å². The molecular weight excluding hydrogens is 236 g/mol. The standard InChI is InChI=1S/C12H10N2O2S/c1-2-16-12(15)11-5-7-8-6-13-14-9(8)3-4-10(7)17-11/h3-6H,2H2,1H3,(H,13,14). The van der Waals surface area contributed by atoms with E-state index in [0.717, 1.165) is 21.0 Å². The molecule has 0 atom stereocenters. The Morgan fingerprint density at radius 3 is 3.18 bits per heavy atom. The summed E-state index contributed by atoms with van der Waals surface area (Å²) in [7, 11) is 0. The van der Waals surface area contributed by atoms with Gasteiger partial charge in [0.15, 0.2) is 0 Å². The van der Waals surface area contributed by atoms with Crippen LogP contribution in [0.25, 0.3) is 21.0 Å². The van der Waals surface area contributed by atoms with E-state index in [1.807, 2.05) is 18.2 Å². The lowest BCUT2D eigenvalue weighted by molar-refractivity contribution is 0.0532. The summed E-state index contributed by atoms with van der Waals surface area (Å²) in [4.78, 5) is 12.3. The van der Waals surface area contributed by atoms with Gasteiger partial charge >= 0.3 is 5.97 Å². The smallest absolute Gasteiger partial charge is 0.348 e. The minimum absolute atomic E-state index is 0.259. The fourth-order valence-corrected chi connectivity index (χ4v) is 2.81. The summed E-state index contributed by atoms with van der Waals surface area (Å²) < 4.78 is 6.07. The van der Waals surface area contributed by atoms with Crippen LogP contribution in [0, 0.1) is 0 Å². The number of aromatic amines is 1. The summed E-state index contributed by atoms with van der Waals surface area (Å²) in [6.07, 6.45) is 1.78. The first-order valence-corrected chi connectivity index (χ1v) is 6.14. The van der Waals surface area contributed by atoms with Crippen LogP contribution < -0.4 is 0 Å². The number of benzene rings is 1. The molecule has 2 heterocycles. The predicted molar refractivity (Wildman–Crippen MR) is 67.4 cm³/mol. The van der Waals surface area contributed by atoms with Crippen LogP contribution >= 0.6 is 11.3 Å². The molecule has 0 unspecified atom stereocenters. The maximum absolute atomic E-state index is 11.7. The van der Waals surface area contributed by atoms with E-state index < -0.39 is 0 Å². The fraction of sp³-hybridized carbons (Fsp3) is 0.167. The fourth-order valence-electron chi connectivity index (χ4n) is 1.84. The van der Waals surface area contributed by atoms with E-state index in [4.69, 9.17) is 4.74 Å². The molecular formula is C12H10N2O2S. The van der Waals surface area contributed by atoms with E-state index >= 15 is 0 Å². The van der Waals surface area contributed by atoms with Crippen LogP contribution in [0.4, 0.5) is 0 Å². The quantitative estimate of drug-likeness (QED) is 0.707. The molecule has 0 spiro atoms. The van der Waals surface area contributed by atoms with Gasteiger partial charge in [0.25, 0.3) is 0 Å². The molecule has 17 heavy (non-hydrogen) atoms. The Morgan fingerprint density at radius 2 is 2.35 bits per heavy atom. The zero-order chi connectivity index (χ0) is 11.8. The van der Waals surface area contributed by atoms with Gasteiger partial charge in [0.05, 0.1) is 18.3 Å². The topological polar surface area (TPSA) is 55.0 Å². The SMILES string of the molecule is CCOC(=O)c1cc2c(ccc3[nH]ncc32)s1. The number of esters is 1. The molecule has 1 aromatic carbocycles. The highest BCUT2D eigenvalue weighted by Crippen LogP contribution is 2.31. The largest absolute Gasteiger partial charge is 0.462 e. The van der Waals surface area contributed by atoms with Crippen molar-refractivity contribution in [2.75, 3.05) is 6.61 Å². The summed E-state index contributed by atoms with van der Waals surface area (Å²) in [6, 6.07) is 5.83. The number of fused-ring (bicyclic) bond motifs is 3. The van der Waals surface area contributed by atoms with E-state index in [2.05, 4.69) is 10.2 Å². The van der Waals surface area contributed by atoms with Crippen LogP contribution in [0.2, 0.25) is 0 Å². The van der Waals surface area contributed by atoms with Crippen LogP contribution in [0.1, 0.15) is 16.6 Å². The number of aromatic nitrogens is 2. The first kappa shape index (κ1) is 10.3. The summed E-state index contributed by atoms with van der Waals surface area (Å²) in [6.45, 7) is 2.20. The molecule has 0 aliphatic heterocycles. The number of carbonyl (C=O) groups is 1. The van der Waals surface area contributed by atoms with Gasteiger partial charge < -0.3 is 4.74 Å². The third-order valence-electron chi connectivity index (χ3n) is 2.60. The Bertz CT molecular complexity index is 699. The van der Waals surface area contributed by atoms with Crippen LogP contribution in [-0.4, -0.2) is 22.8 Å². The molecule has 0 radical (unpaired) electrons. The second-order valence-corrected chi connectivity index (χ2v) is 4.72. The normalized spacial score (nSPS) is 11.1. The lowest BCUT2D eigenvalue weighted by Gasteiger charge is -1.95. The number of nitrogens with one attached hydrogen (secondary N) is 1. The second-order valence-electron chi connectivity index (χ2n) is 3.64. The van der Waals surface area contributed by atoms with Gasteiger partial charge in [0, 0.05) is 15.5 Å². The highest BCUT2D eigenvalue weighted by molar-refractivity contribution is 7.20. The second kappa shape index (κ2) is 3.85. The first-order chi connectivity index (χ1) is 8.29. The molecule has 0 amide bonds. The van der Waals surface area contributed by atoms with Crippen LogP contribution in [0.3, 0.4) is 0 Å². The van der Waals surface area contributed by atoms with E-state index in [-0.39, 0.29) is 5.97 Å². The summed E-state index contributed by atoms with van der Waals surface area (Å²) >= 11 is 1.45. The summed E-state index contributed by atoms with van der Waals surface area (Å²) in [5.41, 5.74) is 0.978. The Morgan fingerprint density at radius 1 is 1.47 bits per heavy atom. The monoisotopic (exact) mass is 246 g/mol. The van der Waals surface area contributed by atoms with Gasteiger partial charge in [0.2, 0.25) is 0 Å². The number of nitrogens with zero attached hydrogens (tertiary/aromatic N) is 1. The van der Waals surface area contributed by atoms with Gasteiger partial charge in [-0.25, -0.2) is 4.79 Å². The average molecular weight is 246 g/mol. The summed E-state index contributed by atoms with van der Waals surface area (Å²) in [5, 5.41) is 9.00. The third kappa shape index (κ3) is 1.59. The zero-order valence-electron chi connectivity index (χ0n) is 9.19. The molecule has 0 saturated carbocycles. The van der Waals surface area contributed by atoms with Crippen LogP contribution in [0.15, 0.2) is 24.4 Å². The Kier molecular flexibility index (Phi) is 2.33. The average Bonchev–Trinajstić information content (AvgIpc) is 2.94. The Balaban J connectivity index is 2.20.